The Morgan fingerprint density at radius 2 is 1.55 bits per heavy atom. The summed E-state index contributed by atoms with van der Waals surface area (Å²) >= 11 is 0. The maximum atomic E-state index is 13.1. The number of carbonyl (C=O) groups excluding carboxylic acids is 1. The highest BCUT2D eigenvalue weighted by Crippen LogP contribution is 2.33. The molecule has 7 nitrogen and oxygen atoms in total. The lowest BCUT2D eigenvalue weighted by Gasteiger charge is -2.30. The third kappa shape index (κ3) is 3.70. The molecule has 2 amide bonds. The second kappa shape index (κ2) is 7.62. The number of aryl methyl sites for hydroxylation is 2. The van der Waals surface area contributed by atoms with Crippen LogP contribution in [0.2, 0.25) is 0 Å². The van der Waals surface area contributed by atoms with E-state index < -0.39 is 6.03 Å². The van der Waals surface area contributed by atoms with E-state index in [1.807, 2.05) is 12.1 Å². The number of halogens is 1. The molecular formula is C21H24FN5O2. The predicted octanol–water partition coefficient (Wildman–Crippen LogP) is 3.65. The van der Waals surface area contributed by atoms with Crippen molar-refractivity contribution in [2.45, 2.75) is 19.3 Å². The van der Waals surface area contributed by atoms with E-state index in [-0.39, 0.29) is 11.5 Å². The van der Waals surface area contributed by atoms with Crippen molar-refractivity contribution in [2.24, 2.45) is 14.1 Å². The molecule has 8 heteroatoms. The molecule has 29 heavy (non-hydrogen) atoms. The Labute approximate surface area is 167 Å². The van der Waals surface area contributed by atoms with Gasteiger partial charge in [0, 0.05) is 32.9 Å². The van der Waals surface area contributed by atoms with Gasteiger partial charge in [-0.3, -0.25) is 9.13 Å². The second-order valence-electron chi connectivity index (χ2n) is 7.39. The molecule has 2 aromatic carbocycles. The van der Waals surface area contributed by atoms with Gasteiger partial charge in [-0.1, -0.05) is 0 Å². The summed E-state index contributed by atoms with van der Waals surface area (Å²) in [4.78, 5) is 27.2. The topological polar surface area (TPSA) is 71.3 Å². The third-order valence-electron chi connectivity index (χ3n) is 5.44. The fourth-order valence-electron chi connectivity index (χ4n) is 3.85. The van der Waals surface area contributed by atoms with Crippen molar-refractivity contribution in [1.29, 1.82) is 0 Å². The van der Waals surface area contributed by atoms with Crippen LogP contribution >= 0.6 is 0 Å². The number of nitrogens with zero attached hydrogens (tertiary/aromatic N) is 3. The van der Waals surface area contributed by atoms with Gasteiger partial charge < -0.3 is 15.5 Å². The lowest BCUT2D eigenvalue weighted by molar-refractivity contribution is 0.262. The minimum atomic E-state index is -0.421. The first-order chi connectivity index (χ1) is 13.9. The van der Waals surface area contributed by atoms with Gasteiger partial charge in [-0.25, -0.2) is 14.0 Å². The Balaban J connectivity index is 1.70. The average Bonchev–Trinajstić information content (AvgIpc) is 2.93. The van der Waals surface area contributed by atoms with E-state index in [4.69, 9.17) is 0 Å². The first-order valence-corrected chi connectivity index (χ1v) is 9.72. The Kier molecular flexibility index (Phi) is 5.00. The van der Waals surface area contributed by atoms with Crippen molar-refractivity contribution in [1.82, 2.24) is 9.13 Å². The van der Waals surface area contributed by atoms with E-state index in [0.717, 1.165) is 42.7 Å². The Bertz CT molecular complexity index is 1110. The minimum absolute atomic E-state index is 0.113. The van der Waals surface area contributed by atoms with Gasteiger partial charge in [0.1, 0.15) is 5.82 Å². The highest BCUT2D eigenvalue weighted by Gasteiger charge is 2.20. The third-order valence-corrected chi connectivity index (χ3v) is 5.44. The van der Waals surface area contributed by atoms with Crippen molar-refractivity contribution in [2.75, 3.05) is 28.6 Å². The highest BCUT2D eigenvalue weighted by atomic mass is 19.1. The van der Waals surface area contributed by atoms with Gasteiger partial charge >= 0.3 is 11.7 Å². The molecule has 1 aliphatic heterocycles. The van der Waals surface area contributed by atoms with Crippen molar-refractivity contribution in [3.63, 3.8) is 0 Å². The zero-order valence-corrected chi connectivity index (χ0v) is 16.5. The van der Waals surface area contributed by atoms with Crippen LogP contribution in [-0.2, 0) is 14.1 Å². The number of anilines is 3. The second-order valence-corrected chi connectivity index (χ2v) is 7.39. The lowest BCUT2D eigenvalue weighted by Crippen LogP contribution is -2.31. The molecule has 0 bridgehead atoms. The van der Waals surface area contributed by atoms with E-state index >= 15 is 0 Å². The van der Waals surface area contributed by atoms with Gasteiger partial charge in [-0.2, -0.15) is 0 Å². The summed E-state index contributed by atoms with van der Waals surface area (Å²) in [6, 6.07) is 8.98. The number of aromatic nitrogens is 2. The van der Waals surface area contributed by atoms with Crippen molar-refractivity contribution in [3.05, 3.63) is 52.7 Å². The zero-order chi connectivity index (χ0) is 20.5. The first kappa shape index (κ1) is 19.0. The minimum Gasteiger partial charge on any atom is -0.370 e. The highest BCUT2D eigenvalue weighted by molar-refractivity contribution is 6.03. The van der Waals surface area contributed by atoms with Crippen LogP contribution in [0.5, 0.6) is 0 Å². The van der Waals surface area contributed by atoms with Crippen LogP contribution in [0.4, 0.5) is 26.2 Å². The molecule has 1 aromatic heterocycles. The number of carbonyl (C=O) groups is 1. The molecule has 152 valence electrons. The quantitative estimate of drug-likeness (QED) is 0.709. The summed E-state index contributed by atoms with van der Waals surface area (Å²) in [5, 5.41) is 5.63. The molecule has 0 spiro atoms. The summed E-state index contributed by atoms with van der Waals surface area (Å²) in [6.45, 7) is 1.81. The summed E-state index contributed by atoms with van der Waals surface area (Å²) in [5.74, 6) is -0.362. The molecule has 0 atom stereocenters. The molecule has 0 unspecified atom stereocenters. The van der Waals surface area contributed by atoms with E-state index in [0.29, 0.717) is 11.4 Å². The van der Waals surface area contributed by atoms with Crippen LogP contribution in [0.1, 0.15) is 19.3 Å². The molecule has 2 heterocycles. The van der Waals surface area contributed by atoms with Crippen LogP contribution < -0.4 is 21.2 Å². The molecule has 3 aromatic rings. The van der Waals surface area contributed by atoms with Crippen molar-refractivity contribution in [3.8, 4) is 0 Å². The standard InChI is InChI=1S/C21H24FN5O2/c1-25-18-12-16(24-20(28)23-15-8-6-14(22)7-9-15)17(27-10-4-3-5-11-27)13-19(18)26(2)21(25)29/h6-9,12-13H,3-5,10-11H2,1-2H3,(H2,23,24,28). The SMILES string of the molecule is Cn1c(=O)n(C)c2cc(N3CCCCC3)c(NC(=O)Nc3ccc(F)cc3)cc21. The molecule has 1 aliphatic rings. The Hall–Kier alpha value is -3.29. The molecule has 4 rings (SSSR count). The van der Waals surface area contributed by atoms with Gasteiger partial charge in [-0.05, 0) is 55.7 Å². The Morgan fingerprint density at radius 3 is 2.21 bits per heavy atom. The van der Waals surface area contributed by atoms with Gasteiger partial charge in [0.05, 0.1) is 22.4 Å². The average molecular weight is 397 g/mol. The summed E-state index contributed by atoms with van der Waals surface area (Å²) < 4.78 is 16.3. The number of nitrogens with one attached hydrogen (secondary N) is 2. The first-order valence-electron chi connectivity index (χ1n) is 9.72. The number of hydrogen-bond acceptors (Lipinski definition) is 3. The van der Waals surface area contributed by atoms with E-state index in [1.54, 1.807) is 23.2 Å². The maximum absolute atomic E-state index is 13.1. The zero-order valence-electron chi connectivity index (χ0n) is 16.5. The summed E-state index contributed by atoms with van der Waals surface area (Å²) in [7, 11) is 3.46. The van der Waals surface area contributed by atoms with E-state index in [1.165, 1.54) is 30.7 Å². The number of hydrogen-bond donors (Lipinski definition) is 2. The number of piperidine rings is 1. The maximum Gasteiger partial charge on any atom is 0.328 e. The fourth-order valence-corrected chi connectivity index (χ4v) is 3.85. The number of amides is 2. The number of rotatable bonds is 3. The van der Waals surface area contributed by atoms with Crippen LogP contribution in [0, 0.1) is 5.82 Å². The molecule has 0 radical (unpaired) electrons. The fraction of sp³-hybridized carbons (Fsp3) is 0.333. The molecule has 0 saturated carbocycles. The normalized spacial score (nSPS) is 14.2. The van der Waals surface area contributed by atoms with Crippen molar-refractivity contribution >= 4 is 34.1 Å². The predicted molar refractivity (Wildman–Crippen MR) is 113 cm³/mol. The van der Waals surface area contributed by atoms with E-state index in [2.05, 4.69) is 15.5 Å². The van der Waals surface area contributed by atoms with E-state index in [9.17, 15) is 14.0 Å². The van der Waals surface area contributed by atoms with Crippen LogP contribution in [0.15, 0.2) is 41.2 Å². The van der Waals surface area contributed by atoms with Crippen LogP contribution in [0.25, 0.3) is 11.0 Å². The van der Waals surface area contributed by atoms with Crippen molar-refractivity contribution < 1.29 is 9.18 Å². The number of benzene rings is 2. The van der Waals surface area contributed by atoms with Gasteiger partial charge in [0.25, 0.3) is 0 Å². The van der Waals surface area contributed by atoms with Gasteiger partial charge in [0.15, 0.2) is 0 Å². The molecule has 1 saturated heterocycles. The number of fused-ring (bicyclic) bond motifs is 1. The number of urea groups is 1. The molecule has 2 N–H and O–H groups in total. The molecule has 1 fully saturated rings. The molecule has 0 aliphatic carbocycles. The molecular weight excluding hydrogens is 373 g/mol. The van der Waals surface area contributed by atoms with Gasteiger partial charge in [0.2, 0.25) is 0 Å². The largest absolute Gasteiger partial charge is 0.370 e. The lowest BCUT2D eigenvalue weighted by atomic mass is 10.1. The van der Waals surface area contributed by atoms with Gasteiger partial charge in [-0.15, -0.1) is 0 Å². The summed E-state index contributed by atoms with van der Waals surface area (Å²) in [5.41, 5.74) is 3.49. The smallest absolute Gasteiger partial charge is 0.328 e. The number of imidazole rings is 1. The monoisotopic (exact) mass is 397 g/mol. The Morgan fingerprint density at radius 1 is 0.931 bits per heavy atom. The summed E-state index contributed by atoms with van der Waals surface area (Å²) in [6.07, 6.45) is 3.37. The van der Waals surface area contributed by atoms with Crippen LogP contribution in [0.3, 0.4) is 0 Å². The van der Waals surface area contributed by atoms with Crippen LogP contribution in [-0.4, -0.2) is 28.3 Å².